The molecule has 0 bridgehead atoms. The lowest BCUT2D eigenvalue weighted by molar-refractivity contribution is -0.0592. The van der Waals surface area contributed by atoms with E-state index in [9.17, 15) is 14.0 Å². The van der Waals surface area contributed by atoms with Gasteiger partial charge in [-0.05, 0) is 86.9 Å². The molecule has 2 saturated heterocycles. The van der Waals surface area contributed by atoms with Crippen molar-refractivity contribution < 1.29 is 18.7 Å². The predicted octanol–water partition coefficient (Wildman–Crippen LogP) is 6.39. The molecule has 0 radical (unpaired) electrons. The molecule has 2 fully saturated rings. The van der Waals surface area contributed by atoms with Gasteiger partial charge >= 0.3 is 5.69 Å². The molecule has 2 aliphatic heterocycles. The average Bonchev–Trinajstić information content (AvgIpc) is 3.64. The third-order valence-electron chi connectivity index (χ3n) is 9.55. The van der Waals surface area contributed by atoms with E-state index in [0.29, 0.717) is 51.8 Å². The predicted molar refractivity (Wildman–Crippen MR) is 188 cm³/mol. The molecule has 3 N–H and O–H groups in total. The molecule has 3 aromatic heterocycles. The van der Waals surface area contributed by atoms with E-state index in [4.69, 9.17) is 31.0 Å². The Morgan fingerprint density at radius 2 is 1.84 bits per heavy atom. The minimum atomic E-state index is -0.400. The quantitative estimate of drug-likeness (QED) is 0.151. The number of carbonyl (C=O) groups is 1. The van der Waals surface area contributed by atoms with E-state index in [2.05, 4.69) is 24.8 Å². The third-order valence-corrected chi connectivity index (χ3v) is 9.78. The Hall–Kier alpha value is -5.04. The van der Waals surface area contributed by atoms with Crippen LogP contribution in [0.3, 0.4) is 0 Å². The Morgan fingerprint density at radius 1 is 1.00 bits per heavy atom. The maximum absolute atomic E-state index is 14.2. The average molecular weight is 696 g/mol. The molecule has 13 heteroatoms. The van der Waals surface area contributed by atoms with Crippen molar-refractivity contribution in [3.05, 3.63) is 117 Å². The van der Waals surface area contributed by atoms with Crippen LogP contribution in [0.4, 0.5) is 10.1 Å². The van der Waals surface area contributed by atoms with Crippen LogP contribution >= 0.6 is 11.6 Å². The number of amides is 1. The lowest BCUT2D eigenvalue weighted by atomic mass is 9.93. The molecule has 256 valence electrons. The molecule has 0 saturated carbocycles. The number of likely N-dealkylation sites (tertiary alicyclic amines) is 1. The minimum absolute atomic E-state index is 0.0738. The van der Waals surface area contributed by atoms with E-state index in [1.54, 1.807) is 36.4 Å². The van der Waals surface area contributed by atoms with Crippen molar-refractivity contribution in [2.24, 2.45) is 0 Å². The highest BCUT2D eigenvalue weighted by atomic mass is 35.5. The normalized spacial score (nSPS) is 16.9. The smallest absolute Gasteiger partial charge is 0.323 e. The van der Waals surface area contributed by atoms with Crippen molar-refractivity contribution in [2.75, 3.05) is 25.0 Å². The maximum atomic E-state index is 14.2. The standard InChI is InChI=1S/C37H35ClFN7O4/c38-25-6-4-24(28(39)17-25)21-50-35-3-1-2-29(42-35)22-10-13-45(14-11-22)20-34-41-32-16-23(5-9-33(32)46(34)19-27-12-15-49-27)36(47)40-26-7-8-30-31(18-26)44-37(48)43-30/h1-9,16-18,22,27H,10-15,19-21H2,(H,40,47)(H2,43,44,48)/t27-/m0/s1. The van der Waals surface area contributed by atoms with Gasteiger partial charge in [-0.3, -0.25) is 9.69 Å². The molecule has 8 rings (SSSR count). The number of hydrogen-bond donors (Lipinski definition) is 3. The van der Waals surface area contributed by atoms with Crippen LogP contribution in [0.5, 0.6) is 5.88 Å². The maximum Gasteiger partial charge on any atom is 0.323 e. The van der Waals surface area contributed by atoms with Crippen LogP contribution in [-0.2, 0) is 24.4 Å². The molecule has 2 aliphatic rings. The van der Waals surface area contributed by atoms with Gasteiger partial charge in [0.25, 0.3) is 5.91 Å². The number of nitrogens with one attached hydrogen (secondary N) is 3. The van der Waals surface area contributed by atoms with Gasteiger partial charge in [0.1, 0.15) is 18.2 Å². The summed E-state index contributed by atoms with van der Waals surface area (Å²) in [6.07, 6.45) is 3.01. The Bertz CT molecular complexity index is 2250. The summed E-state index contributed by atoms with van der Waals surface area (Å²) in [4.78, 5) is 42.5. The van der Waals surface area contributed by atoms with E-state index >= 15 is 0 Å². The highest BCUT2D eigenvalue weighted by Crippen LogP contribution is 2.30. The number of anilines is 1. The zero-order valence-corrected chi connectivity index (χ0v) is 27.9. The molecule has 1 amide bonds. The fourth-order valence-electron chi connectivity index (χ4n) is 6.71. The number of aromatic amines is 2. The zero-order valence-electron chi connectivity index (χ0n) is 27.1. The number of piperidine rings is 1. The molecule has 5 heterocycles. The fourth-order valence-corrected chi connectivity index (χ4v) is 6.87. The highest BCUT2D eigenvalue weighted by molar-refractivity contribution is 6.30. The van der Waals surface area contributed by atoms with Crippen molar-refractivity contribution in [1.82, 2.24) is 29.4 Å². The number of hydrogen-bond acceptors (Lipinski definition) is 7. The number of carbonyl (C=O) groups excluding carboxylic acids is 1. The molecule has 11 nitrogen and oxygen atoms in total. The van der Waals surface area contributed by atoms with Crippen LogP contribution in [0.15, 0.2) is 77.6 Å². The van der Waals surface area contributed by atoms with Gasteiger partial charge in [0.2, 0.25) is 5.88 Å². The van der Waals surface area contributed by atoms with Crippen molar-refractivity contribution in [3.63, 3.8) is 0 Å². The van der Waals surface area contributed by atoms with E-state index in [-0.39, 0.29) is 30.2 Å². The van der Waals surface area contributed by atoms with Crippen LogP contribution in [0.2, 0.25) is 5.02 Å². The fraction of sp³-hybridized carbons (Fsp3) is 0.297. The number of H-pyrrole nitrogens is 2. The summed E-state index contributed by atoms with van der Waals surface area (Å²) in [6.45, 7) is 3.98. The Kier molecular flexibility index (Phi) is 8.82. The van der Waals surface area contributed by atoms with E-state index in [0.717, 1.165) is 61.5 Å². The minimum Gasteiger partial charge on any atom is -0.473 e. The van der Waals surface area contributed by atoms with E-state index < -0.39 is 5.82 Å². The molecule has 50 heavy (non-hydrogen) atoms. The number of halogens is 2. The van der Waals surface area contributed by atoms with E-state index in [1.807, 2.05) is 30.3 Å². The second-order valence-electron chi connectivity index (χ2n) is 12.9. The number of rotatable bonds is 10. The van der Waals surface area contributed by atoms with Gasteiger partial charge in [-0.1, -0.05) is 23.7 Å². The molecular weight excluding hydrogens is 661 g/mol. The van der Waals surface area contributed by atoms with Gasteiger partial charge in [0.15, 0.2) is 0 Å². The van der Waals surface area contributed by atoms with Crippen LogP contribution in [0.25, 0.3) is 22.1 Å². The van der Waals surface area contributed by atoms with Crippen LogP contribution < -0.4 is 15.7 Å². The first-order valence-corrected chi connectivity index (χ1v) is 17.1. The molecular formula is C37H35ClFN7O4. The summed E-state index contributed by atoms with van der Waals surface area (Å²) >= 11 is 5.88. The molecule has 6 aromatic rings. The third kappa shape index (κ3) is 6.87. The first-order valence-electron chi connectivity index (χ1n) is 16.7. The molecule has 0 spiro atoms. The van der Waals surface area contributed by atoms with Gasteiger partial charge < -0.3 is 29.3 Å². The number of imidazole rings is 2. The van der Waals surface area contributed by atoms with E-state index in [1.165, 1.54) is 6.07 Å². The molecule has 3 aromatic carbocycles. The van der Waals surface area contributed by atoms with Crippen LogP contribution in [-0.4, -0.2) is 61.1 Å². The SMILES string of the molecule is O=C(Nc1ccc2[nH]c(=O)[nH]c2c1)c1ccc2c(c1)nc(CN1CCC(c3cccc(OCc4ccc(Cl)cc4F)n3)CC1)n2C[C@@H]1CCO1. The highest BCUT2D eigenvalue weighted by Gasteiger charge is 2.26. The van der Waals surface area contributed by atoms with Crippen molar-refractivity contribution in [3.8, 4) is 5.88 Å². The molecule has 1 atom stereocenters. The Morgan fingerprint density at radius 3 is 2.64 bits per heavy atom. The Labute approximate surface area is 291 Å². The van der Waals surface area contributed by atoms with Crippen molar-refractivity contribution in [2.45, 2.75) is 51.0 Å². The summed E-state index contributed by atoms with van der Waals surface area (Å²) in [7, 11) is 0. The molecule has 0 unspecified atom stereocenters. The number of ether oxygens (including phenoxy) is 2. The van der Waals surface area contributed by atoms with Gasteiger partial charge in [0, 0.05) is 46.1 Å². The number of benzene rings is 3. The Balaban J connectivity index is 0.938. The van der Waals surface area contributed by atoms with Gasteiger partial charge in [-0.2, -0.15) is 0 Å². The van der Waals surface area contributed by atoms with Crippen molar-refractivity contribution in [1.29, 1.82) is 0 Å². The number of nitrogens with zero attached hydrogens (tertiary/aromatic N) is 4. The second kappa shape index (κ2) is 13.7. The summed E-state index contributed by atoms with van der Waals surface area (Å²) in [5.74, 6) is 1.03. The first kappa shape index (κ1) is 32.2. The zero-order chi connectivity index (χ0) is 34.2. The first-order chi connectivity index (χ1) is 24.3. The summed E-state index contributed by atoms with van der Waals surface area (Å²) in [5.41, 5.74) is 5.19. The second-order valence-corrected chi connectivity index (χ2v) is 13.3. The van der Waals surface area contributed by atoms with Gasteiger partial charge in [-0.25, -0.2) is 19.2 Å². The van der Waals surface area contributed by atoms with Crippen molar-refractivity contribution >= 4 is 45.3 Å². The summed E-state index contributed by atoms with van der Waals surface area (Å²) in [6, 6.07) is 21.1. The summed E-state index contributed by atoms with van der Waals surface area (Å²) < 4.78 is 28.1. The topological polar surface area (TPSA) is 130 Å². The molecule has 0 aliphatic carbocycles. The number of aromatic nitrogens is 5. The van der Waals surface area contributed by atoms with Gasteiger partial charge in [0.05, 0.1) is 41.3 Å². The lowest BCUT2D eigenvalue weighted by Crippen LogP contribution is -2.35. The lowest BCUT2D eigenvalue weighted by Gasteiger charge is -2.32. The van der Waals surface area contributed by atoms with Gasteiger partial charge in [-0.15, -0.1) is 0 Å². The van der Waals surface area contributed by atoms with Crippen LogP contribution in [0, 0.1) is 5.82 Å². The monoisotopic (exact) mass is 695 g/mol. The van der Waals surface area contributed by atoms with Crippen LogP contribution in [0.1, 0.15) is 52.6 Å². The largest absolute Gasteiger partial charge is 0.473 e. The number of pyridine rings is 1. The number of fused-ring (bicyclic) bond motifs is 2. The summed E-state index contributed by atoms with van der Waals surface area (Å²) in [5, 5.41) is 3.28.